The van der Waals surface area contributed by atoms with Gasteiger partial charge in [-0.15, -0.1) is 0 Å². The molecule has 0 heterocycles. The molecule has 35 heavy (non-hydrogen) atoms. The number of halogens is 2. The largest absolute Gasteiger partial charge is 0.270 e. The molecule has 0 bridgehead atoms. The van der Waals surface area contributed by atoms with Gasteiger partial charge in [0, 0.05) is 50.1 Å². The van der Waals surface area contributed by atoms with Crippen LogP contribution in [-0.4, -0.2) is 4.92 Å². The first-order valence-corrected chi connectivity index (χ1v) is 12.5. The number of hydrogen-bond acceptors (Lipinski definition) is 3. The summed E-state index contributed by atoms with van der Waals surface area (Å²) >= 11 is 13.6. The Morgan fingerprint density at radius 2 is 1.31 bits per heavy atom. The van der Waals surface area contributed by atoms with E-state index in [0.717, 1.165) is 33.5 Å². The van der Waals surface area contributed by atoms with Gasteiger partial charge in [-0.2, -0.15) is 0 Å². The number of non-ortho nitro benzene ring substituents is 1. The van der Waals surface area contributed by atoms with Crippen molar-refractivity contribution < 1.29 is 4.92 Å². The van der Waals surface area contributed by atoms with Crippen molar-refractivity contribution in [1.82, 2.24) is 4.72 Å². The Morgan fingerprint density at radius 1 is 0.800 bits per heavy atom. The van der Waals surface area contributed by atoms with Crippen LogP contribution in [0, 0.1) is 10.1 Å². The molecule has 4 aromatic carbocycles. The van der Waals surface area contributed by atoms with Gasteiger partial charge in [-0.1, -0.05) is 74.3 Å². The van der Waals surface area contributed by atoms with E-state index in [1.165, 1.54) is 24.1 Å². The Morgan fingerprint density at radius 3 is 1.77 bits per heavy atom. The molecule has 0 amide bonds. The molecule has 0 aliphatic rings. The second kappa shape index (κ2) is 10.3. The number of rotatable bonds is 6. The van der Waals surface area contributed by atoms with Crippen LogP contribution in [0.1, 0.15) is 26.3 Å². The molecule has 0 fully saturated rings. The Hall–Kier alpha value is -2.99. The molecule has 0 aliphatic carbocycles. The molecule has 1 radical (unpaired) electrons. The van der Waals surface area contributed by atoms with Crippen LogP contribution in [-0.2, 0) is 5.41 Å². The zero-order chi connectivity index (χ0) is 25.2. The highest BCUT2D eigenvalue weighted by molar-refractivity contribution is 7.97. The smallest absolute Gasteiger partial charge is 0.258 e. The molecular formula is C28H23Cl2N2O2S. The van der Waals surface area contributed by atoms with Crippen molar-refractivity contribution in [2.24, 2.45) is 0 Å². The lowest BCUT2D eigenvalue weighted by molar-refractivity contribution is -0.385. The summed E-state index contributed by atoms with van der Waals surface area (Å²) < 4.78 is 4.93. The Kier molecular flexibility index (Phi) is 7.41. The van der Waals surface area contributed by atoms with Gasteiger partial charge in [-0.3, -0.25) is 10.1 Å². The number of hydrogen-bond donors (Lipinski definition) is 0. The first kappa shape index (κ1) is 25.1. The van der Waals surface area contributed by atoms with Crippen LogP contribution in [0.3, 0.4) is 0 Å². The third-order valence-corrected chi connectivity index (χ3v) is 6.80. The average Bonchev–Trinajstić information content (AvgIpc) is 2.83. The van der Waals surface area contributed by atoms with Gasteiger partial charge < -0.3 is 0 Å². The van der Waals surface area contributed by atoms with Crippen LogP contribution in [0.2, 0.25) is 10.0 Å². The predicted molar refractivity (Wildman–Crippen MR) is 147 cm³/mol. The predicted octanol–water partition coefficient (Wildman–Crippen LogP) is 9.48. The summed E-state index contributed by atoms with van der Waals surface area (Å²) in [5.41, 5.74) is 5.74. The molecule has 7 heteroatoms. The van der Waals surface area contributed by atoms with Gasteiger partial charge >= 0.3 is 0 Å². The molecule has 0 saturated heterocycles. The Labute approximate surface area is 219 Å². The third kappa shape index (κ3) is 5.99. The highest BCUT2D eigenvalue weighted by Gasteiger charge is 2.22. The van der Waals surface area contributed by atoms with Crippen LogP contribution in [0.4, 0.5) is 11.4 Å². The highest BCUT2D eigenvalue weighted by Crippen LogP contribution is 2.43. The molecule has 0 spiro atoms. The zero-order valence-electron chi connectivity index (χ0n) is 19.5. The van der Waals surface area contributed by atoms with Crippen molar-refractivity contribution in [3.63, 3.8) is 0 Å². The van der Waals surface area contributed by atoms with E-state index in [1.807, 2.05) is 54.6 Å². The maximum absolute atomic E-state index is 11.2. The van der Waals surface area contributed by atoms with E-state index in [9.17, 15) is 10.1 Å². The van der Waals surface area contributed by atoms with E-state index < -0.39 is 4.92 Å². The van der Waals surface area contributed by atoms with Crippen LogP contribution >= 0.6 is 35.1 Å². The Bertz CT molecular complexity index is 1300. The SMILES string of the molecule is CC(C)(C)c1cc(-c2ccc(Cl)cc2)c([N]Sc2cccc([N+](=O)[O-])c2)c(-c2ccc(Cl)cc2)c1. The van der Waals surface area contributed by atoms with Gasteiger partial charge in [0.2, 0.25) is 0 Å². The summed E-state index contributed by atoms with van der Waals surface area (Å²) in [6.45, 7) is 6.52. The lowest BCUT2D eigenvalue weighted by Gasteiger charge is -2.24. The minimum absolute atomic E-state index is 0.0316. The van der Waals surface area contributed by atoms with Crippen LogP contribution in [0.15, 0.2) is 89.8 Å². The number of benzene rings is 4. The van der Waals surface area contributed by atoms with Crippen LogP contribution in [0.25, 0.3) is 22.3 Å². The quantitative estimate of drug-likeness (QED) is 0.144. The third-order valence-electron chi connectivity index (χ3n) is 5.56. The normalized spacial score (nSPS) is 11.3. The fourth-order valence-electron chi connectivity index (χ4n) is 3.62. The number of nitro benzene ring substituents is 1. The van der Waals surface area contributed by atoms with E-state index in [2.05, 4.69) is 32.9 Å². The monoisotopic (exact) mass is 521 g/mol. The minimum Gasteiger partial charge on any atom is -0.258 e. The van der Waals surface area contributed by atoms with Gasteiger partial charge in [-0.05, 0) is 64.6 Å². The van der Waals surface area contributed by atoms with E-state index in [0.29, 0.717) is 14.9 Å². The molecule has 0 atom stereocenters. The van der Waals surface area contributed by atoms with Crippen molar-refractivity contribution in [3.05, 3.63) is 111 Å². The zero-order valence-corrected chi connectivity index (χ0v) is 21.8. The van der Waals surface area contributed by atoms with E-state index in [1.54, 1.807) is 6.07 Å². The van der Waals surface area contributed by atoms with Gasteiger partial charge in [-0.25, -0.2) is 4.72 Å². The van der Waals surface area contributed by atoms with Crippen molar-refractivity contribution >= 4 is 46.5 Å². The highest BCUT2D eigenvalue weighted by atomic mass is 35.5. The lowest BCUT2D eigenvalue weighted by atomic mass is 9.82. The lowest BCUT2D eigenvalue weighted by Crippen LogP contribution is -2.12. The standard InChI is InChI=1S/C28H23Cl2N2O2S/c1-28(2,3)20-15-25(18-7-11-21(29)12-8-18)27(26(16-20)19-9-13-22(30)14-10-19)31-35-24-6-4-5-23(17-24)32(33)34/h4-17H,1-3H3. The fraction of sp³-hybridized carbons (Fsp3) is 0.143. The Balaban J connectivity index is 1.90. The summed E-state index contributed by atoms with van der Waals surface area (Å²) in [5, 5.41) is 12.5. The van der Waals surface area contributed by atoms with Gasteiger partial charge in [0.15, 0.2) is 0 Å². The maximum atomic E-state index is 11.2. The first-order chi connectivity index (χ1) is 16.6. The van der Waals surface area contributed by atoms with Crippen molar-refractivity contribution in [2.75, 3.05) is 0 Å². The molecule has 4 rings (SSSR count). The molecule has 0 saturated carbocycles. The van der Waals surface area contributed by atoms with Gasteiger partial charge in [0.05, 0.1) is 10.6 Å². The number of nitro groups is 1. The molecule has 0 N–H and O–H groups in total. The molecule has 0 aromatic heterocycles. The van der Waals surface area contributed by atoms with Crippen molar-refractivity contribution in [1.29, 1.82) is 0 Å². The van der Waals surface area contributed by atoms with Crippen LogP contribution in [0.5, 0.6) is 0 Å². The maximum Gasteiger partial charge on any atom is 0.270 e. The summed E-state index contributed by atoms with van der Waals surface area (Å²) in [4.78, 5) is 11.5. The molecule has 0 aliphatic heterocycles. The molecule has 4 aromatic rings. The van der Waals surface area contributed by atoms with Crippen LogP contribution < -0.4 is 4.72 Å². The second-order valence-electron chi connectivity index (χ2n) is 9.12. The summed E-state index contributed by atoms with van der Waals surface area (Å²) in [7, 11) is 0. The molecule has 4 nitrogen and oxygen atoms in total. The van der Waals surface area contributed by atoms with Gasteiger partial charge in [0.25, 0.3) is 5.69 Å². The van der Waals surface area contributed by atoms with Crippen molar-refractivity contribution in [3.8, 4) is 22.3 Å². The minimum atomic E-state index is -0.402. The second-order valence-corrected chi connectivity index (χ2v) is 10.8. The van der Waals surface area contributed by atoms with E-state index in [-0.39, 0.29) is 11.1 Å². The fourth-order valence-corrected chi connectivity index (χ4v) is 4.58. The molecule has 177 valence electrons. The van der Waals surface area contributed by atoms with E-state index >= 15 is 0 Å². The summed E-state index contributed by atoms with van der Waals surface area (Å²) in [6.07, 6.45) is 0. The summed E-state index contributed by atoms with van der Waals surface area (Å²) in [5.74, 6) is 0. The van der Waals surface area contributed by atoms with E-state index in [4.69, 9.17) is 27.9 Å². The molecule has 0 unspecified atom stereocenters. The average molecular weight is 522 g/mol. The first-order valence-electron chi connectivity index (χ1n) is 10.9. The van der Waals surface area contributed by atoms with Crippen molar-refractivity contribution in [2.45, 2.75) is 31.1 Å². The van der Waals surface area contributed by atoms with Gasteiger partial charge in [0.1, 0.15) is 0 Å². The topological polar surface area (TPSA) is 57.2 Å². The number of nitrogens with zero attached hydrogens (tertiary/aromatic N) is 2. The molecular weight excluding hydrogens is 499 g/mol. The summed E-state index contributed by atoms with van der Waals surface area (Å²) in [6, 6.07) is 26.2.